The number of likely N-dealkylation sites (tertiary alicyclic amines) is 2. The van der Waals surface area contributed by atoms with E-state index in [0.717, 1.165) is 37.2 Å². The molecule has 0 N–H and O–H groups in total. The standard InChI is InChI=1S/C24H26FN5O2/c25-20-8-6-18(7-9-20)23(31)29-12-3-4-19(16-29)24(32)28-14-10-17(11-15-28)22-27-26-21-5-1-2-13-30(21)22/h1-2,5-9,13,17,19H,3-4,10-12,14-16H2. The van der Waals surface area contributed by atoms with Gasteiger partial charge in [-0.05, 0) is 62.1 Å². The van der Waals surface area contributed by atoms with Crippen molar-refractivity contribution in [3.63, 3.8) is 0 Å². The first-order chi connectivity index (χ1) is 15.6. The highest BCUT2D eigenvalue weighted by molar-refractivity contribution is 5.94. The van der Waals surface area contributed by atoms with E-state index >= 15 is 0 Å². The van der Waals surface area contributed by atoms with Crippen molar-refractivity contribution in [1.82, 2.24) is 24.4 Å². The third-order valence-corrected chi connectivity index (χ3v) is 6.66. The summed E-state index contributed by atoms with van der Waals surface area (Å²) in [4.78, 5) is 29.7. The average Bonchev–Trinajstić information content (AvgIpc) is 3.28. The summed E-state index contributed by atoms with van der Waals surface area (Å²) in [5.41, 5.74) is 1.30. The molecule has 0 spiro atoms. The summed E-state index contributed by atoms with van der Waals surface area (Å²) in [6.07, 6.45) is 5.28. The minimum atomic E-state index is -0.365. The largest absolute Gasteiger partial charge is 0.342 e. The predicted octanol–water partition coefficient (Wildman–Crippen LogP) is 3.13. The van der Waals surface area contributed by atoms with Crippen molar-refractivity contribution in [2.24, 2.45) is 5.92 Å². The summed E-state index contributed by atoms with van der Waals surface area (Å²) < 4.78 is 15.2. The summed E-state index contributed by atoms with van der Waals surface area (Å²) in [7, 11) is 0. The van der Waals surface area contributed by atoms with Crippen molar-refractivity contribution in [3.8, 4) is 0 Å². The molecule has 166 valence electrons. The van der Waals surface area contributed by atoms with Crippen molar-refractivity contribution in [1.29, 1.82) is 0 Å². The monoisotopic (exact) mass is 435 g/mol. The second-order valence-corrected chi connectivity index (χ2v) is 8.68. The molecule has 0 saturated carbocycles. The SMILES string of the molecule is O=C(c1ccc(F)cc1)N1CCCC(C(=O)N2CCC(c3nnc4ccccn34)CC2)C1. The van der Waals surface area contributed by atoms with Gasteiger partial charge in [-0.3, -0.25) is 14.0 Å². The number of aromatic nitrogens is 3. The minimum absolute atomic E-state index is 0.131. The fourth-order valence-electron chi connectivity index (χ4n) is 4.89. The Morgan fingerprint density at radius 3 is 2.47 bits per heavy atom. The molecule has 2 saturated heterocycles. The first-order valence-corrected chi connectivity index (χ1v) is 11.2. The van der Waals surface area contributed by atoms with E-state index in [0.29, 0.717) is 31.7 Å². The number of carbonyl (C=O) groups is 2. The van der Waals surface area contributed by atoms with Crippen molar-refractivity contribution in [2.75, 3.05) is 26.2 Å². The van der Waals surface area contributed by atoms with Crippen LogP contribution >= 0.6 is 0 Å². The van der Waals surface area contributed by atoms with Gasteiger partial charge in [0.15, 0.2) is 5.65 Å². The van der Waals surface area contributed by atoms with Crippen LogP contribution in [0.4, 0.5) is 4.39 Å². The predicted molar refractivity (Wildman–Crippen MR) is 117 cm³/mol. The molecule has 2 amide bonds. The molecule has 5 rings (SSSR count). The molecule has 2 aliphatic rings. The quantitative estimate of drug-likeness (QED) is 0.634. The number of pyridine rings is 1. The number of nitrogens with zero attached hydrogens (tertiary/aromatic N) is 5. The number of hydrogen-bond acceptors (Lipinski definition) is 4. The number of fused-ring (bicyclic) bond motifs is 1. The number of carbonyl (C=O) groups excluding carboxylic acids is 2. The normalized spacial score (nSPS) is 20.0. The Morgan fingerprint density at radius 2 is 1.69 bits per heavy atom. The van der Waals surface area contributed by atoms with E-state index in [4.69, 9.17) is 0 Å². The van der Waals surface area contributed by atoms with Crippen molar-refractivity contribution >= 4 is 17.5 Å². The lowest BCUT2D eigenvalue weighted by atomic mass is 9.92. The van der Waals surface area contributed by atoms with Gasteiger partial charge < -0.3 is 9.80 Å². The Labute approximate surface area is 185 Å². The zero-order valence-electron chi connectivity index (χ0n) is 17.9. The van der Waals surface area contributed by atoms with Gasteiger partial charge in [-0.15, -0.1) is 10.2 Å². The lowest BCUT2D eigenvalue weighted by Crippen LogP contribution is -2.48. The van der Waals surface area contributed by atoms with Gasteiger partial charge in [0.1, 0.15) is 11.6 Å². The average molecular weight is 436 g/mol. The molecule has 8 heteroatoms. The summed E-state index contributed by atoms with van der Waals surface area (Å²) in [6, 6.07) is 11.5. The van der Waals surface area contributed by atoms with Crippen LogP contribution in [0.1, 0.15) is 47.8 Å². The van der Waals surface area contributed by atoms with Crippen molar-refractivity contribution in [3.05, 3.63) is 65.9 Å². The van der Waals surface area contributed by atoms with Gasteiger partial charge in [0.05, 0.1) is 5.92 Å². The number of amides is 2. The van der Waals surface area contributed by atoms with Crippen LogP contribution in [0.25, 0.3) is 5.65 Å². The van der Waals surface area contributed by atoms with E-state index in [2.05, 4.69) is 10.2 Å². The molecule has 2 fully saturated rings. The van der Waals surface area contributed by atoms with Crippen molar-refractivity contribution in [2.45, 2.75) is 31.6 Å². The molecule has 2 aliphatic heterocycles. The van der Waals surface area contributed by atoms with E-state index in [9.17, 15) is 14.0 Å². The Balaban J connectivity index is 1.20. The molecule has 1 atom stereocenters. The first-order valence-electron chi connectivity index (χ1n) is 11.2. The summed E-state index contributed by atoms with van der Waals surface area (Å²) >= 11 is 0. The van der Waals surface area contributed by atoms with Gasteiger partial charge in [-0.1, -0.05) is 6.07 Å². The Hall–Kier alpha value is -3.29. The maximum absolute atomic E-state index is 13.2. The maximum Gasteiger partial charge on any atom is 0.253 e. The van der Waals surface area contributed by atoms with Gasteiger partial charge in [-0.25, -0.2) is 4.39 Å². The molecule has 1 aromatic carbocycles. The number of halogens is 1. The Morgan fingerprint density at radius 1 is 0.906 bits per heavy atom. The zero-order chi connectivity index (χ0) is 22.1. The summed E-state index contributed by atoms with van der Waals surface area (Å²) in [5, 5.41) is 8.63. The molecular weight excluding hydrogens is 409 g/mol. The molecular formula is C24H26FN5O2. The smallest absolute Gasteiger partial charge is 0.253 e. The van der Waals surface area contributed by atoms with Gasteiger partial charge in [0.2, 0.25) is 5.91 Å². The van der Waals surface area contributed by atoms with Crippen LogP contribution in [0.15, 0.2) is 48.7 Å². The van der Waals surface area contributed by atoms with Gasteiger partial charge in [0.25, 0.3) is 5.91 Å². The van der Waals surface area contributed by atoms with Crippen molar-refractivity contribution < 1.29 is 14.0 Å². The molecule has 0 radical (unpaired) electrons. The van der Waals surface area contributed by atoms with E-state index in [1.165, 1.54) is 24.3 Å². The lowest BCUT2D eigenvalue weighted by molar-refractivity contribution is -0.138. The first kappa shape index (κ1) is 20.6. The van der Waals surface area contributed by atoms with Crippen LogP contribution in [0.3, 0.4) is 0 Å². The topological polar surface area (TPSA) is 70.8 Å². The second kappa shape index (κ2) is 8.68. The third-order valence-electron chi connectivity index (χ3n) is 6.66. The number of rotatable bonds is 3. The molecule has 4 heterocycles. The fraction of sp³-hybridized carbons (Fsp3) is 0.417. The van der Waals surface area contributed by atoms with Crippen LogP contribution in [0.2, 0.25) is 0 Å². The van der Waals surface area contributed by atoms with Crippen LogP contribution in [0, 0.1) is 11.7 Å². The Bertz CT molecular complexity index is 1120. The second-order valence-electron chi connectivity index (χ2n) is 8.68. The minimum Gasteiger partial charge on any atom is -0.342 e. The Kier molecular flexibility index (Phi) is 5.59. The van der Waals surface area contributed by atoms with Crippen LogP contribution in [-0.2, 0) is 4.79 Å². The van der Waals surface area contributed by atoms with E-state index in [1.54, 1.807) is 4.90 Å². The van der Waals surface area contributed by atoms with E-state index in [1.807, 2.05) is 33.7 Å². The van der Waals surface area contributed by atoms with E-state index < -0.39 is 0 Å². The molecule has 2 aromatic heterocycles. The third kappa shape index (κ3) is 3.97. The van der Waals surface area contributed by atoms with Crippen LogP contribution < -0.4 is 0 Å². The molecule has 3 aromatic rings. The highest BCUT2D eigenvalue weighted by atomic mass is 19.1. The molecule has 7 nitrogen and oxygen atoms in total. The summed E-state index contributed by atoms with van der Waals surface area (Å²) in [6.45, 7) is 2.42. The number of benzene rings is 1. The van der Waals surface area contributed by atoms with Gasteiger partial charge in [-0.2, -0.15) is 0 Å². The fourth-order valence-corrected chi connectivity index (χ4v) is 4.89. The summed E-state index contributed by atoms with van der Waals surface area (Å²) in [5.74, 6) is 0.682. The lowest BCUT2D eigenvalue weighted by Gasteiger charge is -2.37. The molecule has 32 heavy (non-hydrogen) atoms. The molecule has 0 aliphatic carbocycles. The number of hydrogen-bond donors (Lipinski definition) is 0. The van der Waals surface area contributed by atoms with Crippen LogP contribution in [0.5, 0.6) is 0 Å². The van der Waals surface area contributed by atoms with Gasteiger partial charge in [0, 0.05) is 43.9 Å². The molecule has 0 bridgehead atoms. The zero-order valence-corrected chi connectivity index (χ0v) is 17.9. The van der Waals surface area contributed by atoms with Gasteiger partial charge >= 0.3 is 0 Å². The highest BCUT2D eigenvalue weighted by Gasteiger charge is 2.34. The van der Waals surface area contributed by atoms with E-state index in [-0.39, 0.29) is 29.5 Å². The molecule has 1 unspecified atom stereocenters. The van der Waals surface area contributed by atoms with Crippen LogP contribution in [-0.4, -0.2) is 62.4 Å². The number of piperidine rings is 2. The highest BCUT2D eigenvalue weighted by Crippen LogP contribution is 2.29. The maximum atomic E-state index is 13.2.